The van der Waals surface area contributed by atoms with E-state index in [1.165, 1.54) is 5.01 Å². The van der Waals surface area contributed by atoms with Crippen molar-refractivity contribution in [3.63, 3.8) is 0 Å². The Bertz CT molecular complexity index is 740. The van der Waals surface area contributed by atoms with E-state index in [0.29, 0.717) is 17.5 Å². The summed E-state index contributed by atoms with van der Waals surface area (Å²) in [4.78, 5) is 28.3. The van der Waals surface area contributed by atoms with Crippen LogP contribution in [0.5, 0.6) is 0 Å². The molecule has 1 saturated heterocycles. The molecule has 5 nitrogen and oxygen atoms in total. The monoisotopic (exact) mass is 342 g/mol. The molecule has 2 fully saturated rings. The van der Waals surface area contributed by atoms with Gasteiger partial charge >= 0.3 is 0 Å². The van der Waals surface area contributed by atoms with Crippen molar-refractivity contribution in [2.45, 2.75) is 50.9 Å². The minimum absolute atomic E-state index is 0.0382. The molecule has 2 aromatic heterocycles. The second kappa shape index (κ2) is 6.59. The molecule has 1 amide bonds. The molecular formula is C18H22N4OS. The van der Waals surface area contributed by atoms with Crippen LogP contribution in [0.3, 0.4) is 0 Å². The Balaban J connectivity index is 1.48. The molecule has 126 valence electrons. The molecular weight excluding hydrogens is 320 g/mol. The van der Waals surface area contributed by atoms with Gasteiger partial charge in [0.15, 0.2) is 0 Å². The van der Waals surface area contributed by atoms with Gasteiger partial charge in [0.2, 0.25) is 0 Å². The summed E-state index contributed by atoms with van der Waals surface area (Å²) in [6.45, 7) is 3.68. The number of amides is 1. The van der Waals surface area contributed by atoms with Gasteiger partial charge in [0.25, 0.3) is 5.91 Å². The molecule has 0 spiro atoms. The van der Waals surface area contributed by atoms with Gasteiger partial charge in [-0.3, -0.25) is 4.79 Å². The number of piperidine rings is 1. The highest BCUT2D eigenvalue weighted by molar-refractivity contribution is 7.09. The predicted octanol–water partition coefficient (Wildman–Crippen LogP) is 3.39. The van der Waals surface area contributed by atoms with E-state index in [0.717, 1.165) is 56.7 Å². The van der Waals surface area contributed by atoms with Crippen molar-refractivity contribution in [2.24, 2.45) is 0 Å². The van der Waals surface area contributed by atoms with Crippen LogP contribution < -0.4 is 0 Å². The normalized spacial score (nSPS) is 21.0. The fourth-order valence-corrected chi connectivity index (χ4v) is 4.26. The van der Waals surface area contributed by atoms with Crippen LogP contribution in [0.1, 0.15) is 71.5 Å². The van der Waals surface area contributed by atoms with E-state index in [-0.39, 0.29) is 5.91 Å². The highest BCUT2D eigenvalue weighted by atomic mass is 32.1. The average molecular weight is 342 g/mol. The van der Waals surface area contributed by atoms with Crippen LogP contribution in [0, 0.1) is 0 Å². The Morgan fingerprint density at radius 2 is 2.17 bits per heavy atom. The first-order valence-electron chi connectivity index (χ1n) is 8.81. The third-order valence-corrected chi connectivity index (χ3v) is 5.88. The van der Waals surface area contributed by atoms with Gasteiger partial charge in [-0.1, -0.05) is 6.92 Å². The molecule has 0 bridgehead atoms. The Kier molecular flexibility index (Phi) is 4.31. The summed E-state index contributed by atoms with van der Waals surface area (Å²) in [6.07, 6.45) is 7.12. The number of aryl methyl sites for hydroxylation is 1. The van der Waals surface area contributed by atoms with Crippen LogP contribution in [0.15, 0.2) is 17.6 Å². The lowest BCUT2D eigenvalue weighted by molar-refractivity contribution is 0.0700. The zero-order valence-electron chi connectivity index (χ0n) is 13.9. The fourth-order valence-electron chi connectivity index (χ4n) is 3.23. The highest BCUT2D eigenvalue weighted by Crippen LogP contribution is 2.38. The Labute approximate surface area is 146 Å². The van der Waals surface area contributed by atoms with Gasteiger partial charge in [-0.2, -0.15) is 0 Å². The molecule has 0 aromatic carbocycles. The SMILES string of the molecule is CCc1csc([C@H]2CCCN(C(=O)c3ccnc(C4CC4)n3)C2)n1. The summed E-state index contributed by atoms with van der Waals surface area (Å²) >= 11 is 1.73. The summed E-state index contributed by atoms with van der Waals surface area (Å²) < 4.78 is 0. The maximum absolute atomic E-state index is 12.9. The molecule has 2 aromatic rings. The first kappa shape index (κ1) is 15.7. The Morgan fingerprint density at radius 3 is 2.92 bits per heavy atom. The van der Waals surface area contributed by atoms with Crippen LogP contribution in [0.4, 0.5) is 0 Å². The zero-order valence-corrected chi connectivity index (χ0v) is 14.8. The second-order valence-corrected chi connectivity index (χ2v) is 7.58. The van der Waals surface area contributed by atoms with Crippen molar-refractivity contribution in [1.82, 2.24) is 19.9 Å². The molecule has 2 aliphatic rings. The number of likely N-dealkylation sites (tertiary alicyclic amines) is 1. The minimum atomic E-state index is 0.0382. The molecule has 4 rings (SSSR count). The highest BCUT2D eigenvalue weighted by Gasteiger charge is 2.30. The van der Waals surface area contributed by atoms with E-state index in [1.807, 2.05) is 4.90 Å². The summed E-state index contributed by atoms with van der Waals surface area (Å²) in [5, 5.41) is 3.31. The van der Waals surface area contributed by atoms with Gasteiger partial charge < -0.3 is 4.90 Å². The molecule has 1 saturated carbocycles. The molecule has 1 aliphatic carbocycles. The van der Waals surface area contributed by atoms with Crippen molar-refractivity contribution in [3.8, 4) is 0 Å². The number of carbonyl (C=O) groups excluding carboxylic acids is 1. The number of aromatic nitrogens is 3. The van der Waals surface area contributed by atoms with Crippen molar-refractivity contribution in [3.05, 3.63) is 39.9 Å². The third kappa shape index (κ3) is 3.20. The topological polar surface area (TPSA) is 59.0 Å². The Morgan fingerprint density at radius 1 is 1.29 bits per heavy atom. The molecule has 24 heavy (non-hydrogen) atoms. The predicted molar refractivity (Wildman–Crippen MR) is 93.4 cm³/mol. The maximum Gasteiger partial charge on any atom is 0.272 e. The van der Waals surface area contributed by atoms with Gasteiger partial charge in [0.1, 0.15) is 11.5 Å². The molecule has 0 N–H and O–H groups in total. The first-order valence-corrected chi connectivity index (χ1v) is 9.69. The molecule has 3 heterocycles. The molecule has 0 unspecified atom stereocenters. The Hall–Kier alpha value is -1.82. The van der Waals surface area contributed by atoms with E-state index >= 15 is 0 Å². The van der Waals surface area contributed by atoms with E-state index in [1.54, 1.807) is 23.6 Å². The summed E-state index contributed by atoms with van der Waals surface area (Å²) in [6, 6.07) is 1.75. The zero-order chi connectivity index (χ0) is 16.5. The number of hydrogen-bond acceptors (Lipinski definition) is 5. The number of nitrogens with zero attached hydrogens (tertiary/aromatic N) is 4. The molecule has 1 aliphatic heterocycles. The van der Waals surface area contributed by atoms with Gasteiger partial charge in [0.05, 0.1) is 10.7 Å². The molecule has 1 atom stereocenters. The third-order valence-electron chi connectivity index (χ3n) is 4.83. The number of thiazole rings is 1. The number of rotatable bonds is 4. The standard InChI is InChI=1S/C18H22N4OS/c1-2-14-11-24-17(20-14)13-4-3-9-22(10-13)18(23)15-7-8-19-16(21-15)12-5-6-12/h7-8,11-13H,2-6,9-10H2,1H3/t13-/m0/s1. The van der Waals surface area contributed by atoms with Crippen LogP contribution in [0.2, 0.25) is 0 Å². The first-order chi connectivity index (χ1) is 11.7. The van der Waals surface area contributed by atoms with Crippen LogP contribution in [0.25, 0.3) is 0 Å². The van der Waals surface area contributed by atoms with Gasteiger partial charge in [0, 0.05) is 36.5 Å². The quantitative estimate of drug-likeness (QED) is 0.854. The average Bonchev–Trinajstić information content (AvgIpc) is 3.38. The van der Waals surface area contributed by atoms with E-state index in [4.69, 9.17) is 4.98 Å². The number of carbonyl (C=O) groups is 1. The lowest BCUT2D eigenvalue weighted by Crippen LogP contribution is -2.39. The van der Waals surface area contributed by atoms with Crippen LogP contribution in [-0.2, 0) is 6.42 Å². The lowest BCUT2D eigenvalue weighted by atomic mass is 9.98. The molecule has 0 radical (unpaired) electrons. The summed E-state index contributed by atoms with van der Waals surface area (Å²) in [5.74, 6) is 1.70. The molecule has 6 heteroatoms. The minimum Gasteiger partial charge on any atom is -0.337 e. The van der Waals surface area contributed by atoms with Crippen molar-refractivity contribution in [1.29, 1.82) is 0 Å². The number of hydrogen-bond donors (Lipinski definition) is 0. The lowest BCUT2D eigenvalue weighted by Gasteiger charge is -2.31. The van der Waals surface area contributed by atoms with Crippen molar-refractivity contribution < 1.29 is 4.79 Å². The van der Waals surface area contributed by atoms with Crippen molar-refractivity contribution in [2.75, 3.05) is 13.1 Å². The van der Waals surface area contributed by atoms with E-state index in [9.17, 15) is 4.79 Å². The fraction of sp³-hybridized carbons (Fsp3) is 0.556. The van der Waals surface area contributed by atoms with Gasteiger partial charge in [-0.25, -0.2) is 15.0 Å². The second-order valence-electron chi connectivity index (χ2n) is 6.70. The summed E-state index contributed by atoms with van der Waals surface area (Å²) in [5.41, 5.74) is 1.70. The van der Waals surface area contributed by atoms with Crippen molar-refractivity contribution >= 4 is 17.2 Å². The van der Waals surface area contributed by atoms with Crippen LogP contribution in [-0.4, -0.2) is 38.8 Å². The maximum atomic E-state index is 12.9. The van der Waals surface area contributed by atoms with Crippen LogP contribution >= 0.6 is 11.3 Å². The largest absolute Gasteiger partial charge is 0.337 e. The smallest absolute Gasteiger partial charge is 0.272 e. The summed E-state index contributed by atoms with van der Waals surface area (Å²) in [7, 11) is 0. The van der Waals surface area contributed by atoms with E-state index in [2.05, 4.69) is 22.3 Å². The van der Waals surface area contributed by atoms with Gasteiger partial charge in [-0.05, 0) is 38.2 Å². The van der Waals surface area contributed by atoms with E-state index < -0.39 is 0 Å². The van der Waals surface area contributed by atoms with Gasteiger partial charge in [-0.15, -0.1) is 11.3 Å².